The highest BCUT2D eigenvalue weighted by Crippen LogP contribution is 2.46. The molecule has 95 heavy (non-hydrogen) atoms. The molecule has 0 saturated heterocycles. The normalized spacial score (nSPS) is 12.4. The lowest BCUT2D eigenvalue weighted by Gasteiger charge is -2.29. The van der Waals surface area contributed by atoms with E-state index >= 15 is 16.8 Å². The predicted octanol–water partition coefficient (Wildman–Crippen LogP) is 18.7. The van der Waals surface area contributed by atoms with E-state index in [2.05, 4.69) is 145 Å². The highest BCUT2D eigenvalue weighted by atomic mass is 32.2. The number of hydrogen-bond donors (Lipinski definition) is 0. The van der Waals surface area contributed by atoms with Gasteiger partial charge in [0.2, 0.25) is 0 Å². The van der Waals surface area contributed by atoms with Crippen LogP contribution in [0.4, 0.5) is 11.4 Å². The highest BCUT2D eigenvalue weighted by Gasteiger charge is 2.33. The van der Waals surface area contributed by atoms with Crippen LogP contribution in [0.1, 0.15) is 197 Å². The molecular weight excluding hydrogens is 1220 g/mol. The molecule has 0 amide bonds. The number of benzene rings is 8. The first kappa shape index (κ1) is 75.5. The Hall–Kier alpha value is -8.55. The van der Waals surface area contributed by atoms with E-state index < -0.39 is 20.2 Å². The minimum absolute atomic E-state index is 0.0696. The summed E-state index contributed by atoms with van der Waals surface area (Å²) in [5.41, 5.74) is 10.4. The zero-order valence-corrected chi connectivity index (χ0v) is 61.7. The zero-order valence-electron chi connectivity index (χ0n) is 60.0. The average molecular weight is 1320 g/mol. The summed E-state index contributed by atoms with van der Waals surface area (Å²) in [5, 5.41) is 24.7. The SMILES string of the molecule is CC#N.CC#N.CC#N.CCCOc1c2cc(C(C)(C)C)cc1Cc1cc(C(C)(C)C)cc(c1OS(=O)(=O)c1cccc3c(N(C)C)cccc13)Cc1cc(C(C)(C)C)cc(c1OCCC)Cc1cc(C(C)(C)C)cc(c1OS(=O)(=O)c1cccc3c(N(C)C)cccc13)C2. The molecule has 0 unspecified atom stereocenters. The number of nitrogens with zero attached hydrogens (tertiary/aromatic N) is 5. The largest absolute Gasteiger partial charge is 0.493 e. The first-order chi connectivity index (χ1) is 44.4. The summed E-state index contributed by atoms with van der Waals surface area (Å²) in [7, 11) is -1.29. The van der Waals surface area contributed by atoms with Gasteiger partial charge in [-0.2, -0.15) is 32.6 Å². The number of ether oxygens (including phenoxy) is 2. The van der Waals surface area contributed by atoms with Gasteiger partial charge < -0.3 is 27.6 Å². The monoisotopic (exact) mass is 1320 g/mol. The number of fused-ring (bicyclic) bond motifs is 10. The van der Waals surface area contributed by atoms with Crippen LogP contribution >= 0.6 is 0 Å². The van der Waals surface area contributed by atoms with Crippen molar-refractivity contribution >= 4 is 53.2 Å². The van der Waals surface area contributed by atoms with E-state index in [0.29, 0.717) is 70.6 Å². The van der Waals surface area contributed by atoms with Crippen LogP contribution in [-0.4, -0.2) is 58.2 Å². The lowest BCUT2D eigenvalue weighted by atomic mass is 9.79. The van der Waals surface area contributed by atoms with Crippen LogP contribution in [0.3, 0.4) is 0 Å². The van der Waals surface area contributed by atoms with Crippen molar-refractivity contribution in [3.63, 3.8) is 0 Å². The van der Waals surface area contributed by atoms with Gasteiger partial charge in [-0.05, 0) is 103 Å². The summed E-state index contributed by atoms with van der Waals surface area (Å²) in [5.74, 6) is 1.80. The summed E-state index contributed by atoms with van der Waals surface area (Å²) in [4.78, 5) is 4.11. The van der Waals surface area contributed by atoms with E-state index in [1.165, 1.54) is 20.8 Å². The van der Waals surface area contributed by atoms with Crippen molar-refractivity contribution in [1.82, 2.24) is 0 Å². The quantitative estimate of drug-likeness (QED) is 0.0938. The van der Waals surface area contributed by atoms with Crippen molar-refractivity contribution in [3.8, 4) is 41.2 Å². The Bertz CT molecular complexity index is 4050. The van der Waals surface area contributed by atoms with Gasteiger partial charge in [-0.3, -0.25) is 0 Å². The lowest BCUT2D eigenvalue weighted by molar-refractivity contribution is 0.311. The van der Waals surface area contributed by atoms with Gasteiger partial charge >= 0.3 is 20.2 Å². The maximum atomic E-state index is 15.6. The Morgan fingerprint density at radius 3 is 0.821 bits per heavy atom. The molecule has 1 aliphatic carbocycles. The van der Waals surface area contributed by atoms with Crippen molar-refractivity contribution in [2.45, 2.75) is 188 Å². The second-order valence-corrected chi connectivity index (χ2v) is 31.7. The van der Waals surface area contributed by atoms with Gasteiger partial charge in [-0.25, -0.2) is 0 Å². The van der Waals surface area contributed by atoms with E-state index in [9.17, 15) is 0 Å². The Labute approximate surface area is 568 Å². The van der Waals surface area contributed by atoms with Crippen molar-refractivity contribution in [1.29, 1.82) is 15.8 Å². The molecule has 8 aromatic carbocycles. The molecule has 0 fully saturated rings. The minimum Gasteiger partial charge on any atom is -0.493 e. The first-order valence-electron chi connectivity index (χ1n) is 32.5. The van der Waals surface area contributed by atoms with Gasteiger partial charge in [0.05, 0.1) is 31.4 Å². The molecule has 0 atom stereocenters. The molecule has 13 nitrogen and oxygen atoms in total. The van der Waals surface area contributed by atoms with Gasteiger partial charge in [-0.1, -0.05) is 194 Å². The maximum absolute atomic E-state index is 15.6. The summed E-state index contributed by atoms with van der Waals surface area (Å²) >= 11 is 0. The van der Waals surface area contributed by atoms with Crippen LogP contribution in [0, 0.1) is 34.0 Å². The fourth-order valence-corrected chi connectivity index (χ4v) is 14.1. The summed E-state index contributed by atoms with van der Waals surface area (Å²) in [6.07, 6.45) is 2.34. The van der Waals surface area contributed by atoms with Crippen molar-refractivity contribution in [2.75, 3.05) is 51.2 Å². The van der Waals surface area contributed by atoms with Crippen LogP contribution < -0.4 is 27.6 Å². The zero-order chi connectivity index (χ0) is 70.8. The van der Waals surface area contributed by atoms with Gasteiger partial charge in [0.1, 0.15) is 32.8 Å². The first-order valence-corrected chi connectivity index (χ1v) is 35.4. The van der Waals surface area contributed by atoms with E-state index in [-0.39, 0.29) is 68.6 Å². The Balaban J connectivity index is 0.00000150. The Morgan fingerprint density at radius 2 is 0.600 bits per heavy atom. The Kier molecular flexibility index (Phi) is 24.5. The molecule has 9 rings (SSSR count). The van der Waals surface area contributed by atoms with Crippen LogP contribution in [0.2, 0.25) is 0 Å². The smallest absolute Gasteiger partial charge is 0.339 e. The fourth-order valence-electron chi connectivity index (χ4n) is 11.7. The average Bonchev–Trinajstić information content (AvgIpc) is 0.766. The molecular formula is C80H99N5O8S2. The minimum atomic E-state index is -4.55. The fraction of sp³-hybridized carbons (Fsp3) is 0.412. The third-order valence-electron chi connectivity index (χ3n) is 16.5. The molecule has 0 heterocycles. The Morgan fingerprint density at radius 1 is 0.379 bits per heavy atom. The third-order valence-corrected chi connectivity index (χ3v) is 19.0. The topological polar surface area (TPSA) is 183 Å². The van der Waals surface area contributed by atoms with E-state index in [1.807, 2.05) is 86.5 Å². The van der Waals surface area contributed by atoms with Gasteiger partial charge in [0, 0.05) is 130 Å². The molecule has 1 aliphatic rings. The number of rotatable bonds is 14. The van der Waals surface area contributed by atoms with Gasteiger partial charge in [0.25, 0.3) is 0 Å². The molecule has 0 aromatic heterocycles. The molecule has 0 N–H and O–H groups in total. The second kappa shape index (κ2) is 30.9. The predicted molar refractivity (Wildman–Crippen MR) is 389 cm³/mol. The molecule has 8 bridgehead atoms. The molecule has 15 heteroatoms. The van der Waals surface area contributed by atoms with Crippen LogP contribution in [0.25, 0.3) is 21.5 Å². The number of nitriles is 3. The van der Waals surface area contributed by atoms with Crippen molar-refractivity contribution < 1.29 is 34.7 Å². The standard InChI is InChI=1S/C74H90N2O8S2.3C2H3N/c1-19-33-81-67-47-35-51-43-57(73(9,10)11)45-53(69(51)83-85(77,78)65-31-23-25-59-61(65)27-21-29-63(59)75(15)16)37-49-41-56(72(6,7)8)42-50(68(49)82-34-20-2)38-54-46-58(74(12,13)14)44-52(36-48(67)40-55(39-47)71(3,4)5)70(54)84-86(79,80)66-32-24-26-60-62(66)28-22-30-64(60)76(17)18;3*1-2-3/h21-32,39-46H,19-20,33-38H2,1-18H3;3*1H3. The second-order valence-electron chi connectivity index (χ2n) is 28.7. The van der Waals surface area contributed by atoms with Crippen LogP contribution in [0.15, 0.2) is 131 Å². The van der Waals surface area contributed by atoms with E-state index in [4.69, 9.17) is 33.6 Å². The van der Waals surface area contributed by atoms with Crippen LogP contribution in [0.5, 0.6) is 23.0 Å². The van der Waals surface area contributed by atoms with Gasteiger partial charge in [-0.15, -0.1) is 0 Å². The molecule has 504 valence electrons. The lowest BCUT2D eigenvalue weighted by Crippen LogP contribution is -2.19. The number of anilines is 2. The maximum Gasteiger partial charge on any atom is 0.339 e. The molecule has 0 aliphatic heterocycles. The van der Waals surface area contributed by atoms with Gasteiger partial charge in [0.15, 0.2) is 0 Å². The van der Waals surface area contributed by atoms with Crippen molar-refractivity contribution in [3.05, 3.63) is 188 Å². The summed E-state index contributed by atoms with van der Waals surface area (Å²) in [6.45, 7) is 35.4. The molecule has 0 spiro atoms. The molecule has 8 aromatic rings. The van der Waals surface area contributed by atoms with Crippen LogP contribution in [-0.2, 0) is 67.6 Å². The summed E-state index contributed by atoms with van der Waals surface area (Å²) < 4.78 is 90.2. The number of hydrogen-bond acceptors (Lipinski definition) is 13. The van der Waals surface area contributed by atoms with Crippen molar-refractivity contribution in [2.24, 2.45) is 0 Å². The summed E-state index contributed by atoms with van der Waals surface area (Å²) in [6, 6.07) is 44.7. The van der Waals surface area contributed by atoms with E-state index in [1.54, 1.807) is 42.5 Å². The molecule has 0 saturated carbocycles. The highest BCUT2D eigenvalue weighted by molar-refractivity contribution is 7.87. The van der Waals surface area contributed by atoms with E-state index in [0.717, 1.165) is 66.7 Å². The third kappa shape index (κ3) is 18.1. The molecule has 0 radical (unpaired) electrons.